The molecule has 0 atom stereocenters. The highest BCUT2D eigenvalue weighted by molar-refractivity contribution is 5.88. The van der Waals surface area contributed by atoms with Gasteiger partial charge in [-0.15, -0.1) is 0 Å². The number of aromatic amines is 1. The lowest BCUT2D eigenvalue weighted by atomic mass is 10.2. The molecule has 2 aromatic rings. The van der Waals surface area contributed by atoms with Crippen LogP contribution in [0.3, 0.4) is 0 Å². The van der Waals surface area contributed by atoms with E-state index in [1.807, 2.05) is 0 Å². The number of carbonyl (C=O) groups is 1. The highest BCUT2D eigenvalue weighted by Gasteiger charge is 2.19. The SMILES string of the molecule is COC(=O)c1[nH]c(=O)n(C)c1Cc1ccco1. The molecule has 2 heterocycles. The standard InChI is InChI=1S/C11H12N2O4/c1-13-8(6-7-4-3-5-17-7)9(10(14)16-2)12-11(13)15/h3-5H,6H2,1-2H3,(H,12,15). The Morgan fingerprint density at radius 2 is 2.35 bits per heavy atom. The number of hydrogen-bond donors (Lipinski definition) is 1. The summed E-state index contributed by atoms with van der Waals surface area (Å²) in [6.45, 7) is 0. The average molecular weight is 236 g/mol. The van der Waals surface area contributed by atoms with Crippen LogP contribution in [0.4, 0.5) is 0 Å². The van der Waals surface area contributed by atoms with Crippen molar-refractivity contribution in [3.63, 3.8) is 0 Å². The number of hydrogen-bond acceptors (Lipinski definition) is 4. The van der Waals surface area contributed by atoms with Crippen LogP contribution in [-0.2, 0) is 18.2 Å². The summed E-state index contributed by atoms with van der Waals surface area (Å²) in [6, 6.07) is 3.52. The number of methoxy groups -OCH3 is 1. The third-order valence-electron chi connectivity index (χ3n) is 2.54. The average Bonchev–Trinajstić information content (AvgIpc) is 2.92. The van der Waals surface area contributed by atoms with E-state index in [1.165, 1.54) is 17.9 Å². The van der Waals surface area contributed by atoms with E-state index >= 15 is 0 Å². The number of rotatable bonds is 3. The number of esters is 1. The molecule has 2 aromatic heterocycles. The number of imidazole rings is 1. The van der Waals surface area contributed by atoms with Crippen molar-refractivity contribution in [3.05, 3.63) is 46.0 Å². The van der Waals surface area contributed by atoms with Crippen molar-refractivity contribution >= 4 is 5.97 Å². The number of aromatic nitrogens is 2. The van der Waals surface area contributed by atoms with Crippen LogP contribution in [0, 0.1) is 0 Å². The zero-order valence-corrected chi connectivity index (χ0v) is 9.52. The van der Waals surface area contributed by atoms with E-state index in [9.17, 15) is 9.59 Å². The summed E-state index contributed by atoms with van der Waals surface area (Å²) < 4.78 is 11.2. The van der Waals surface area contributed by atoms with Crippen molar-refractivity contribution in [2.75, 3.05) is 7.11 Å². The molecule has 0 aliphatic heterocycles. The van der Waals surface area contributed by atoms with Crippen LogP contribution in [0.25, 0.3) is 0 Å². The summed E-state index contributed by atoms with van der Waals surface area (Å²) in [7, 11) is 2.86. The van der Waals surface area contributed by atoms with E-state index in [0.29, 0.717) is 17.9 Å². The fourth-order valence-electron chi connectivity index (χ4n) is 1.61. The normalized spacial score (nSPS) is 10.5. The lowest BCUT2D eigenvalue weighted by Crippen LogP contribution is -2.14. The minimum atomic E-state index is -0.566. The summed E-state index contributed by atoms with van der Waals surface area (Å²) in [4.78, 5) is 25.4. The van der Waals surface area contributed by atoms with Crippen molar-refractivity contribution < 1.29 is 13.9 Å². The predicted molar refractivity (Wildman–Crippen MR) is 58.9 cm³/mol. The number of ether oxygens (including phenoxy) is 1. The maximum Gasteiger partial charge on any atom is 0.356 e. The zero-order valence-electron chi connectivity index (χ0n) is 9.52. The molecule has 0 bridgehead atoms. The smallest absolute Gasteiger partial charge is 0.356 e. The molecular weight excluding hydrogens is 224 g/mol. The highest BCUT2D eigenvalue weighted by atomic mass is 16.5. The number of furan rings is 1. The Bertz CT molecular complexity index is 577. The predicted octanol–water partition coefficient (Wildman–Crippen LogP) is 0.684. The van der Waals surface area contributed by atoms with Gasteiger partial charge >= 0.3 is 11.7 Å². The van der Waals surface area contributed by atoms with Gasteiger partial charge in [0.2, 0.25) is 0 Å². The first-order valence-electron chi connectivity index (χ1n) is 5.02. The number of nitrogens with zero attached hydrogens (tertiary/aromatic N) is 1. The van der Waals surface area contributed by atoms with Gasteiger partial charge in [-0.05, 0) is 12.1 Å². The molecule has 1 N–H and O–H groups in total. The second-order valence-electron chi connectivity index (χ2n) is 3.56. The van der Waals surface area contributed by atoms with Crippen molar-refractivity contribution in [2.45, 2.75) is 6.42 Å². The lowest BCUT2D eigenvalue weighted by molar-refractivity contribution is 0.0593. The first-order valence-corrected chi connectivity index (χ1v) is 5.02. The van der Waals surface area contributed by atoms with Gasteiger partial charge in [-0.1, -0.05) is 0 Å². The second kappa shape index (κ2) is 4.32. The molecule has 0 fully saturated rings. The Balaban J connectivity index is 2.44. The molecule has 90 valence electrons. The van der Waals surface area contributed by atoms with Crippen molar-refractivity contribution in [1.82, 2.24) is 9.55 Å². The fourth-order valence-corrected chi connectivity index (χ4v) is 1.61. The van der Waals surface area contributed by atoms with E-state index in [-0.39, 0.29) is 11.4 Å². The quantitative estimate of drug-likeness (QED) is 0.795. The Hall–Kier alpha value is -2.24. The van der Waals surface area contributed by atoms with Gasteiger partial charge in [-0.25, -0.2) is 9.59 Å². The van der Waals surface area contributed by atoms with Gasteiger partial charge in [0.1, 0.15) is 11.5 Å². The third kappa shape index (κ3) is 2.01. The van der Waals surface area contributed by atoms with Crippen molar-refractivity contribution in [3.8, 4) is 0 Å². The molecule has 0 aliphatic rings. The van der Waals surface area contributed by atoms with Crippen LogP contribution in [0.2, 0.25) is 0 Å². The molecule has 0 saturated carbocycles. The van der Waals surface area contributed by atoms with Crippen LogP contribution < -0.4 is 5.69 Å². The first-order chi connectivity index (χ1) is 8.13. The number of H-pyrrole nitrogens is 1. The molecule has 0 unspecified atom stereocenters. The van der Waals surface area contributed by atoms with Gasteiger partial charge in [0.15, 0.2) is 0 Å². The van der Waals surface area contributed by atoms with Gasteiger partial charge in [0.25, 0.3) is 0 Å². The van der Waals surface area contributed by atoms with E-state index < -0.39 is 5.97 Å². The second-order valence-corrected chi connectivity index (χ2v) is 3.56. The zero-order chi connectivity index (χ0) is 12.4. The minimum Gasteiger partial charge on any atom is -0.469 e. The van der Waals surface area contributed by atoms with E-state index in [2.05, 4.69) is 9.72 Å². The van der Waals surface area contributed by atoms with Gasteiger partial charge in [0, 0.05) is 13.5 Å². The van der Waals surface area contributed by atoms with Crippen molar-refractivity contribution in [2.24, 2.45) is 7.05 Å². The van der Waals surface area contributed by atoms with E-state index in [0.717, 1.165) is 0 Å². The van der Waals surface area contributed by atoms with Gasteiger partial charge in [-0.3, -0.25) is 9.55 Å². The van der Waals surface area contributed by atoms with Crippen LogP contribution in [0.15, 0.2) is 27.6 Å². The maximum absolute atomic E-state index is 11.5. The fraction of sp³-hybridized carbons (Fsp3) is 0.273. The first kappa shape index (κ1) is 11.3. The monoisotopic (exact) mass is 236 g/mol. The molecule has 17 heavy (non-hydrogen) atoms. The summed E-state index contributed by atoms with van der Waals surface area (Å²) in [5.74, 6) is 0.106. The van der Waals surface area contributed by atoms with Gasteiger partial charge in [0.05, 0.1) is 19.1 Å². The number of nitrogens with one attached hydrogen (secondary N) is 1. The summed E-state index contributed by atoms with van der Waals surface area (Å²) in [5.41, 5.74) is 0.347. The molecular formula is C11H12N2O4. The summed E-state index contributed by atoms with van der Waals surface area (Å²) in [5, 5.41) is 0. The Labute approximate surface area is 96.8 Å². The van der Waals surface area contributed by atoms with Crippen LogP contribution >= 0.6 is 0 Å². The van der Waals surface area contributed by atoms with Crippen LogP contribution in [-0.4, -0.2) is 22.6 Å². The van der Waals surface area contributed by atoms with Crippen molar-refractivity contribution in [1.29, 1.82) is 0 Å². The maximum atomic E-state index is 11.5. The van der Waals surface area contributed by atoms with Crippen LogP contribution in [0.5, 0.6) is 0 Å². The topological polar surface area (TPSA) is 77.2 Å². The molecule has 2 rings (SSSR count). The van der Waals surface area contributed by atoms with Gasteiger partial charge in [-0.2, -0.15) is 0 Å². The van der Waals surface area contributed by atoms with E-state index in [1.54, 1.807) is 19.2 Å². The summed E-state index contributed by atoms with van der Waals surface area (Å²) in [6.07, 6.45) is 1.89. The minimum absolute atomic E-state index is 0.163. The third-order valence-corrected chi connectivity index (χ3v) is 2.54. The summed E-state index contributed by atoms with van der Waals surface area (Å²) >= 11 is 0. The molecule has 6 nitrogen and oxygen atoms in total. The molecule has 0 amide bonds. The largest absolute Gasteiger partial charge is 0.469 e. The van der Waals surface area contributed by atoms with Crippen LogP contribution in [0.1, 0.15) is 21.9 Å². The molecule has 0 spiro atoms. The molecule has 0 aromatic carbocycles. The Morgan fingerprint density at radius 3 is 2.94 bits per heavy atom. The Kier molecular flexibility index (Phi) is 2.86. The molecule has 6 heteroatoms. The number of carbonyl (C=O) groups excluding carboxylic acids is 1. The molecule has 0 saturated heterocycles. The van der Waals surface area contributed by atoms with E-state index in [4.69, 9.17) is 4.42 Å². The highest BCUT2D eigenvalue weighted by Crippen LogP contribution is 2.12. The lowest BCUT2D eigenvalue weighted by Gasteiger charge is -2.02. The molecule has 0 aliphatic carbocycles. The molecule has 0 radical (unpaired) electrons. The van der Waals surface area contributed by atoms with Gasteiger partial charge < -0.3 is 9.15 Å². The Morgan fingerprint density at radius 1 is 1.59 bits per heavy atom.